The molecule has 1 fully saturated rings. The summed E-state index contributed by atoms with van der Waals surface area (Å²) in [6.45, 7) is 7.47. The van der Waals surface area contributed by atoms with E-state index in [-0.39, 0.29) is 5.91 Å². The molecule has 0 unspecified atom stereocenters. The smallest absolute Gasteiger partial charge is 0.266 e. The van der Waals surface area contributed by atoms with Crippen LogP contribution in [0, 0.1) is 13.8 Å². The summed E-state index contributed by atoms with van der Waals surface area (Å²) in [7, 11) is 0. The zero-order valence-electron chi connectivity index (χ0n) is 20.0. The minimum absolute atomic E-state index is 0.0177. The molecule has 1 aliphatic heterocycles. The molecular weight excluding hydrogens is 440 g/mol. The van der Waals surface area contributed by atoms with Crippen LogP contribution >= 0.6 is 11.8 Å². The third-order valence-corrected chi connectivity index (χ3v) is 6.55. The Balaban J connectivity index is 1.48. The number of aliphatic imine (C=N–C) groups is 1. The van der Waals surface area contributed by atoms with Crippen molar-refractivity contribution < 1.29 is 9.53 Å². The second-order valence-electron chi connectivity index (χ2n) is 8.50. The standard InChI is InChI=1S/C29H30N2O2S/c1-4-5-17-31-28(32)27(34-29(31)30-25-13-9-21(2)10-14-25)19-23-11-15-26(16-12-23)33-20-24-8-6-7-22(3)18-24/h6-16,18-19H,4-5,17,20H2,1-3H3/b27-19+,30-29?. The Kier molecular flexibility index (Phi) is 7.86. The average molecular weight is 471 g/mol. The topological polar surface area (TPSA) is 41.9 Å². The fraction of sp³-hybridized carbons (Fsp3) is 0.241. The number of amidine groups is 1. The van der Waals surface area contributed by atoms with Crippen LogP contribution in [-0.2, 0) is 11.4 Å². The van der Waals surface area contributed by atoms with E-state index in [1.807, 2.05) is 60.7 Å². The Hall–Kier alpha value is -3.31. The predicted molar refractivity (Wildman–Crippen MR) is 142 cm³/mol. The molecule has 0 N–H and O–H groups in total. The minimum Gasteiger partial charge on any atom is -0.489 e. The van der Waals surface area contributed by atoms with Gasteiger partial charge in [0.2, 0.25) is 0 Å². The molecule has 34 heavy (non-hydrogen) atoms. The van der Waals surface area contributed by atoms with Gasteiger partial charge >= 0.3 is 0 Å². The number of ether oxygens (including phenoxy) is 1. The van der Waals surface area contributed by atoms with Gasteiger partial charge in [-0.3, -0.25) is 9.69 Å². The van der Waals surface area contributed by atoms with Gasteiger partial charge in [-0.1, -0.05) is 73.0 Å². The highest BCUT2D eigenvalue weighted by Crippen LogP contribution is 2.34. The zero-order chi connectivity index (χ0) is 23.9. The number of nitrogens with zero attached hydrogens (tertiary/aromatic N) is 2. The molecule has 0 aromatic heterocycles. The van der Waals surface area contributed by atoms with Crippen LogP contribution in [0.4, 0.5) is 5.69 Å². The molecule has 174 valence electrons. The van der Waals surface area contributed by atoms with Crippen molar-refractivity contribution in [2.24, 2.45) is 4.99 Å². The molecule has 1 heterocycles. The van der Waals surface area contributed by atoms with Gasteiger partial charge < -0.3 is 4.74 Å². The lowest BCUT2D eigenvalue weighted by Crippen LogP contribution is -2.30. The summed E-state index contributed by atoms with van der Waals surface area (Å²) in [4.78, 5) is 20.4. The van der Waals surface area contributed by atoms with E-state index in [4.69, 9.17) is 9.73 Å². The summed E-state index contributed by atoms with van der Waals surface area (Å²) in [5.41, 5.74) is 5.38. The number of benzene rings is 3. The van der Waals surface area contributed by atoms with Crippen molar-refractivity contribution in [1.29, 1.82) is 0 Å². The van der Waals surface area contributed by atoms with Gasteiger partial charge in [-0.05, 0) is 73.5 Å². The van der Waals surface area contributed by atoms with Crippen LogP contribution in [0.2, 0.25) is 0 Å². The highest BCUT2D eigenvalue weighted by atomic mass is 32.2. The second kappa shape index (κ2) is 11.2. The van der Waals surface area contributed by atoms with Crippen molar-refractivity contribution in [3.8, 4) is 5.75 Å². The third-order valence-electron chi connectivity index (χ3n) is 5.55. The van der Waals surface area contributed by atoms with Gasteiger partial charge in [0.05, 0.1) is 10.6 Å². The van der Waals surface area contributed by atoms with Crippen LogP contribution in [0.15, 0.2) is 82.7 Å². The maximum absolute atomic E-state index is 13.2. The normalized spacial score (nSPS) is 16.0. The zero-order valence-corrected chi connectivity index (χ0v) is 20.8. The molecule has 1 amide bonds. The van der Waals surface area contributed by atoms with E-state index in [0.717, 1.165) is 40.6 Å². The molecule has 1 aliphatic rings. The maximum Gasteiger partial charge on any atom is 0.266 e. The quantitative estimate of drug-likeness (QED) is 0.325. The molecule has 0 atom stereocenters. The van der Waals surface area contributed by atoms with Crippen molar-refractivity contribution in [2.45, 2.75) is 40.2 Å². The first-order chi connectivity index (χ1) is 16.5. The summed E-state index contributed by atoms with van der Waals surface area (Å²) in [6, 6.07) is 24.2. The summed E-state index contributed by atoms with van der Waals surface area (Å²) in [6.07, 6.45) is 3.91. The van der Waals surface area contributed by atoms with Crippen molar-refractivity contribution in [3.05, 3.63) is 100.0 Å². The van der Waals surface area contributed by atoms with Crippen molar-refractivity contribution in [2.75, 3.05) is 6.54 Å². The molecule has 3 aromatic rings. The predicted octanol–water partition coefficient (Wildman–Crippen LogP) is 7.29. The van der Waals surface area contributed by atoms with Gasteiger partial charge in [0.25, 0.3) is 5.91 Å². The van der Waals surface area contributed by atoms with E-state index >= 15 is 0 Å². The number of rotatable bonds is 8. The van der Waals surface area contributed by atoms with Crippen LogP contribution in [0.5, 0.6) is 5.75 Å². The second-order valence-corrected chi connectivity index (χ2v) is 9.51. The fourth-order valence-corrected chi connectivity index (χ4v) is 4.64. The summed E-state index contributed by atoms with van der Waals surface area (Å²) < 4.78 is 5.93. The Labute approximate surface area is 206 Å². The summed E-state index contributed by atoms with van der Waals surface area (Å²) in [5, 5.41) is 0.742. The monoisotopic (exact) mass is 470 g/mol. The molecule has 0 aliphatic carbocycles. The van der Waals surface area contributed by atoms with Crippen molar-refractivity contribution in [1.82, 2.24) is 4.90 Å². The van der Waals surface area contributed by atoms with Gasteiger partial charge in [-0.25, -0.2) is 4.99 Å². The Morgan fingerprint density at radius 2 is 1.74 bits per heavy atom. The van der Waals surface area contributed by atoms with Crippen molar-refractivity contribution in [3.63, 3.8) is 0 Å². The van der Waals surface area contributed by atoms with Crippen LogP contribution < -0.4 is 4.74 Å². The number of thioether (sulfide) groups is 1. The Morgan fingerprint density at radius 1 is 0.971 bits per heavy atom. The van der Waals surface area contributed by atoms with E-state index in [1.54, 1.807) is 4.90 Å². The Morgan fingerprint density at radius 3 is 2.44 bits per heavy atom. The first-order valence-electron chi connectivity index (χ1n) is 11.7. The number of carbonyl (C=O) groups excluding carboxylic acids is 1. The van der Waals surface area contributed by atoms with E-state index in [1.165, 1.54) is 22.9 Å². The number of hydrogen-bond donors (Lipinski definition) is 0. The molecule has 1 saturated heterocycles. The van der Waals surface area contributed by atoms with Crippen LogP contribution in [-0.4, -0.2) is 22.5 Å². The van der Waals surface area contributed by atoms with Gasteiger partial charge in [0, 0.05) is 6.54 Å². The largest absolute Gasteiger partial charge is 0.489 e. The average Bonchev–Trinajstić information content (AvgIpc) is 3.12. The minimum atomic E-state index is 0.0177. The van der Waals surface area contributed by atoms with Gasteiger partial charge in [0.1, 0.15) is 12.4 Å². The molecule has 0 saturated carbocycles. The summed E-state index contributed by atoms with van der Waals surface area (Å²) in [5.74, 6) is 0.823. The number of aryl methyl sites for hydroxylation is 2. The molecule has 0 spiro atoms. The maximum atomic E-state index is 13.2. The van der Waals surface area contributed by atoms with E-state index in [9.17, 15) is 4.79 Å². The fourth-order valence-electron chi connectivity index (χ4n) is 3.61. The van der Waals surface area contributed by atoms with Gasteiger partial charge in [-0.15, -0.1) is 0 Å². The first-order valence-corrected chi connectivity index (χ1v) is 12.5. The highest BCUT2D eigenvalue weighted by molar-refractivity contribution is 8.18. The third kappa shape index (κ3) is 6.17. The molecular formula is C29H30N2O2S. The molecule has 0 bridgehead atoms. The number of carbonyl (C=O) groups is 1. The first kappa shape index (κ1) is 23.8. The lowest BCUT2D eigenvalue weighted by Gasteiger charge is -2.14. The van der Waals surface area contributed by atoms with E-state index < -0.39 is 0 Å². The summed E-state index contributed by atoms with van der Waals surface area (Å²) >= 11 is 1.44. The lowest BCUT2D eigenvalue weighted by molar-refractivity contribution is -0.122. The van der Waals surface area contributed by atoms with Gasteiger partial charge in [-0.2, -0.15) is 0 Å². The molecule has 4 nitrogen and oxygen atoms in total. The van der Waals surface area contributed by atoms with E-state index in [0.29, 0.717) is 18.1 Å². The molecule has 0 radical (unpaired) electrons. The van der Waals surface area contributed by atoms with E-state index in [2.05, 4.69) is 39.0 Å². The SMILES string of the molecule is CCCCN1C(=O)/C(=C\c2ccc(OCc3cccc(C)c3)cc2)SC1=Nc1ccc(C)cc1. The van der Waals surface area contributed by atoms with Crippen LogP contribution in [0.3, 0.4) is 0 Å². The van der Waals surface area contributed by atoms with Crippen LogP contribution in [0.1, 0.15) is 42.0 Å². The molecule has 3 aromatic carbocycles. The van der Waals surface area contributed by atoms with Gasteiger partial charge in [0.15, 0.2) is 5.17 Å². The lowest BCUT2D eigenvalue weighted by atomic mass is 10.1. The molecule has 5 heteroatoms. The highest BCUT2D eigenvalue weighted by Gasteiger charge is 2.32. The number of hydrogen-bond acceptors (Lipinski definition) is 4. The number of amides is 1. The molecule has 4 rings (SSSR count). The number of unbranched alkanes of at least 4 members (excludes halogenated alkanes) is 1. The van der Waals surface area contributed by atoms with Crippen LogP contribution in [0.25, 0.3) is 6.08 Å². The van der Waals surface area contributed by atoms with Crippen molar-refractivity contribution >= 4 is 34.6 Å². The Bertz CT molecular complexity index is 1200.